The van der Waals surface area contributed by atoms with E-state index in [1.54, 1.807) is 12.1 Å². The first-order valence-corrected chi connectivity index (χ1v) is 11.2. The third kappa shape index (κ3) is 6.81. The van der Waals surface area contributed by atoms with Crippen LogP contribution in [-0.4, -0.2) is 35.4 Å². The number of nitrogens with one attached hydrogen (secondary N) is 2. The van der Waals surface area contributed by atoms with Crippen LogP contribution in [0.1, 0.15) is 36.6 Å². The molecular formula is C25H30FN7. The number of nitrogen functional groups attached to an aromatic ring is 1. The number of nitrogens with zero attached hydrogens (tertiary/aromatic N) is 4. The maximum absolute atomic E-state index is 13.2. The van der Waals surface area contributed by atoms with Gasteiger partial charge in [-0.1, -0.05) is 30.3 Å². The molecule has 33 heavy (non-hydrogen) atoms. The number of anilines is 1. The summed E-state index contributed by atoms with van der Waals surface area (Å²) in [6.45, 7) is 4.23. The first-order chi connectivity index (χ1) is 16.1. The van der Waals surface area contributed by atoms with Crippen LogP contribution in [0.2, 0.25) is 0 Å². The molecule has 3 rings (SSSR count). The molecule has 1 heterocycles. The Hall–Kier alpha value is -3.86. The van der Waals surface area contributed by atoms with Crippen molar-refractivity contribution in [3.05, 3.63) is 77.2 Å². The van der Waals surface area contributed by atoms with Gasteiger partial charge in [-0.3, -0.25) is 4.99 Å². The largest absolute Gasteiger partial charge is 0.382 e. The minimum Gasteiger partial charge on any atom is -0.382 e. The number of aryl methyl sites for hydroxylation is 2. The quantitative estimate of drug-likeness (QED) is 0.250. The lowest BCUT2D eigenvalue weighted by Crippen LogP contribution is -2.38. The Kier molecular flexibility index (Phi) is 8.83. The molecule has 0 amide bonds. The monoisotopic (exact) mass is 447 g/mol. The van der Waals surface area contributed by atoms with Gasteiger partial charge in [-0.15, -0.1) is 0 Å². The van der Waals surface area contributed by atoms with Gasteiger partial charge in [0.1, 0.15) is 23.3 Å². The Morgan fingerprint density at radius 3 is 2.55 bits per heavy atom. The summed E-state index contributed by atoms with van der Waals surface area (Å²) in [4.78, 5) is 4.64. The molecule has 0 aliphatic carbocycles. The minimum absolute atomic E-state index is 0.264. The van der Waals surface area contributed by atoms with Gasteiger partial charge in [-0.05, 0) is 62.4 Å². The molecule has 0 spiro atoms. The van der Waals surface area contributed by atoms with Crippen molar-refractivity contribution in [1.29, 1.82) is 5.26 Å². The fraction of sp³-hybridized carbons (Fsp3) is 0.320. The maximum Gasteiger partial charge on any atom is 0.191 e. The number of aliphatic imine (C=N–C) groups is 1. The van der Waals surface area contributed by atoms with E-state index in [1.165, 1.54) is 22.4 Å². The van der Waals surface area contributed by atoms with E-state index in [9.17, 15) is 9.65 Å². The molecule has 3 aromatic rings. The zero-order valence-electron chi connectivity index (χ0n) is 18.9. The molecule has 8 heteroatoms. The third-order valence-corrected chi connectivity index (χ3v) is 5.14. The molecule has 172 valence electrons. The van der Waals surface area contributed by atoms with Crippen LogP contribution in [0.25, 0.3) is 5.69 Å². The summed E-state index contributed by atoms with van der Waals surface area (Å²) in [5.74, 6) is 0.706. The van der Waals surface area contributed by atoms with E-state index >= 15 is 0 Å². The highest BCUT2D eigenvalue weighted by atomic mass is 19.1. The Balaban J connectivity index is 1.52. The van der Waals surface area contributed by atoms with Gasteiger partial charge in [-0.25, -0.2) is 9.07 Å². The Bertz CT molecular complexity index is 1080. The molecule has 7 nitrogen and oxygen atoms in total. The lowest BCUT2D eigenvalue weighted by molar-refractivity contribution is 0.627. The van der Waals surface area contributed by atoms with E-state index in [1.807, 2.05) is 13.0 Å². The minimum atomic E-state index is -0.338. The van der Waals surface area contributed by atoms with Crippen LogP contribution in [0.5, 0.6) is 0 Å². The standard InChI is InChI=1S/C25H30FN7/c1-2-29-25(30-16-6-10-19-8-4-3-5-9-19)31-17-7-11-23-22(18-27)24(28)33(32-23)21-14-12-20(26)13-15-21/h3-5,8-9,12-15H,2,6-7,10-11,16-17,28H2,1H3,(H2,29,30,31). The van der Waals surface area contributed by atoms with Crippen molar-refractivity contribution in [3.63, 3.8) is 0 Å². The number of nitrogens with two attached hydrogens (primary N) is 1. The predicted molar refractivity (Wildman–Crippen MR) is 130 cm³/mol. The zero-order valence-corrected chi connectivity index (χ0v) is 18.9. The van der Waals surface area contributed by atoms with Gasteiger partial charge >= 0.3 is 0 Å². The van der Waals surface area contributed by atoms with Crippen molar-refractivity contribution in [2.45, 2.75) is 32.6 Å². The van der Waals surface area contributed by atoms with E-state index in [2.05, 4.69) is 51.1 Å². The number of guanidine groups is 1. The van der Waals surface area contributed by atoms with Crippen LogP contribution in [0.3, 0.4) is 0 Å². The second-order valence-electron chi connectivity index (χ2n) is 7.59. The molecule has 0 unspecified atom stereocenters. The molecule has 0 atom stereocenters. The zero-order chi connectivity index (χ0) is 23.5. The summed E-state index contributed by atoms with van der Waals surface area (Å²) in [6.07, 6.45) is 3.32. The third-order valence-electron chi connectivity index (χ3n) is 5.14. The predicted octanol–water partition coefficient (Wildman–Crippen LogP) is 3.59. The summed E-state index contributed by atoms with van der Waals surface area (Å²) in [5, 5.41) is 20.6. The number of rotatable bonds is 10. The molecule has 0 fully saturated rings. The Labute approximate surface area is 194 Å². The van der Waals surface area contributed by atoms with E-state index in [-0.39, 0.29) is 11.6 Å². The average molecular weight is 448 g/mol. The summed E-state index contributed by atoms with van der Waals surface area (Å²) >= 11 is 0. The summed E-state index contributed by atoms with van der Waals surface area (Å²) in [5.41, 5.74) is 9.05. The highest BCUT2D eigenvalue weighted by molar-refractivity contribution is 5.79. The van der Waals surface area contributed by atoms with Gasteiger partial charge in [0.25, 0.3) is 0 Å². The van der Waals surface area contributed by atoms with E-state index in [4.69, 9.17) is 5.73 Å². The fourth-order valence-electron chi connectivity index (χ4n) is 3.48. The van der Waals surface area contributed by atoms with Crippen LogP contribution in [0, 0.1) is 17.1 Å². The first kappa shape index (κ1) is 23.8. The summed E-state index contributed by atoms with van der Waals surface area (Å²) in [6, 6.07) is 18.4. The molecular weight excluding hydrogens is 417 g/mol. The SMILES string of the molecule is CCNC(=NCCCc1ccccc1)NCCCc1nn(-c2ccc(F)cc2)c(N)c1C#N. The number of aromatic nitrogens is 2. The fourth-order valence-corrected chi connectivity index (χ4v) is 3.48. The number of hydrogen-bond acceptors (Lipinski definition) is 4. The number of hydrogen-bond donors (Lipinski definition) is 3. The molecule has 1 aromatic heterocycles. The Morgan fingerprint density at radius 2 is 1.85 bits per heavy atom. The lowest BCUT2D eigenvalue weighted by atomic mass is 10.1. The number of nitriles is 1. The Morgan fingerprint density at radius 1 is 1.09 bits per heavy atom. The van der Waals surface area contributed by atoms with Crippen LogP contribution < -0.4 is 16.4 Å². The molecule has 0 bridgehead atoms. The number of halogens is 1. The second-order valence-corrected chi connectivity index (χ2v) is 7.59. The van der Waals surface area contributed by atoms with Crippen molar-refractivity contribution in [1.82, 2.24) is 20.4 Å². The molecule has 0 saturated carbocycles. The molecule has 2 aromatic carbocycles. The van der Waals surface area contributed by atoms with E-state index < -0.39 is 0 Å². The van der Waals surface area contributed by atoms with Gasteiger partial charge in [0.05, 0.1) is 11.4 Å². The molecule has 0 saturated heterocycles. The van der Waals surface area contributed by atoms with Crippen LogP contribution in [-0.2, 0) is 12.8 Å². The van der Waals surface area contributed by atoms with Crippen molar-refractivity contribution >= 4 is 11.8 Å². The van der Waals surface area contributed by atoms with E-state index in [0.29, 0.717) is 29.9 Å². The first-order valence-electron chi connectivity index (χ1n) is 11.2. The van der Waals surface area contributed by atoms with Crippen LogP contribution in [0.4, 0.5) is 10.2 Å². The van der Waals surface area contributed by atoms with Crippen LogP contribution >= 0.6 is 0 Å². The number of benzene rings is 2. The van der Waals surface area contributed by atoms with Gasteiger partial charge in [0.2, 0.25) is 0 Å². The van der Waals surface area contributed by atoms with Gasteiger partial charge in [0.15, 0.2) is 5.96 Å². The van der Waals surface area contributed by atoms with Crippen molar-refractivity contribution in [3.8, 4) is 11.8 Å². The van der Waals surface area contributed by atoms with Gasteiger partial charge in [-0.2, -0.15) is 10.4 Å². The highest BCUT2D eigenvalue weighted by Crippen LogP contribution is 2.21. The average Bonchev–Trinajstić information content (AvgIpc) is 3.15. The topological polar surface area (TPSA) is 104 Å². The lowest BCUT2D eigenvalue weighted by Gasteiger charge is -2.11. The molecule has 0 radical (unpaired) electrons. The van der Waals surface area contributed by atoms with Crippen LogP contribution in [0.15, 0.2) is 59.6 Å². The summed E-state index contributed by atoms with van der Waals surface area (Å²) in [7, 11) is 0. The normalized spacial score (nSPS) is 11.2. The van der Waals surface area contributed by atoms with Crippen molar-refractivity contribution in [2.24, 2.45) is 4.99 Å². The highest BCUT2D eigenvalue weighted by Gasteiger charge is 2.16. The smallest absolute Gasteiger partial charge is 0.191 e. The molecule has 4 N–H and O–H groups in total. The van der Waals surface area contributed by atoms with Gasteiger partial charge < -0.3 is 16.4 Å². The molecule has 0 aliphatic rings. The van der Waals surface area contributed by atoms with Gasteiger partial charge in [0, 0.05) is 19.6 Å². The van der Waals surface area contributed by atoms with Crippen molar-refractivity contribution in [2.75, 3.05) is 25.4 Å². The van der Waals surface area contributed by atoms with Crippen molar-refractivity contribution < 1.29 is 4.39 Å². The summed E-state index contributed by atoms with van der Waals surface area (Å²) < 4.78 is 14.7. The maximum atomic E-state index is 13.2. The molecule has 0 aliphatic heterocycles. The van der Waals surface area contributed by atoms with E-state index in [0.717, 1.165) is 38.3 Å². The second kappa shape index (κ2) is 12.2.